The molecule has 1 aromatic heterocycles. The summed E-state index contributed by atoms with van der Waals surface area (Å²) in [5.41, 5.74) is 2.76. The zero-order chi connectivity index (χ0) is 23.3. The van der Waals surface area contributed by atoms with Gasteiger partial charge in [0, 0.05) is 23.3 Å². The maximum atomic E-state index is 13.3. The highest BCUT2D eigenvalue weighted by Crippen LogP contribution is 2.29. The van der Waals surface area contributed by atoms with E-state index in [2.05, 4.69) is 43.1 Å². The number of hydrogen-bond acceptors (Lipinski definition) is 4. The van der Waals surface area contributed by atoms with Crippen molar-refractivity contribution in [1.82, 2.24) is 19.7 Å². The summed E-state index contributed by atoms with van der Waals surface area (Å²) < 4.78 is 2.02. The van der Waals surface area contributed by atoms with E-state index in [1.54, 1.807) is 0 Å². The van der Waals surface area contributed by atoms with Crippen LogP contribution in [0.2, 0.25) is 0 Å². The molecule has 3 aromatic carbocycles. The molecule has 0 aliphatic heterocycles. The summed E-state index contributed by atoms with van der Waals surface area (Å²) in [5, 5.41) is 9.62. The monoisotopic (exact) mass is 456 g/mol. The van der Waals surface area contributed by atoms with Gasteiger partial charge in [-0.1, -0.05) is 90.6 Å². The lowest BCUT2D eigenvalue weighted by Gasteiger charge is -2.36. The molecule has 0 atom stereocenters. The highest BCUT2D eigenvalue weighted by Gasteiger charge is 2.27. The van der Waals surface area contributed by atoms with Crippen molar-refractivity contribution in [3.05, 3.63) is 96.6 Å². The molecular formula is C27H28N4OS. The Bertz CT molecular complexity index is 1190. The van der Waals surface area contributed by atoms with Crippen LogP contribution in [0.15, 0.2) is 96.2 Å². The number of carbonyl (C=O) groups excluding carboxylic acids is 1. The first kappa shape index (κ1) is 22.8. The zero-order valence-corrected chi connectivity index (χ0v) is 20.0. The van der Waals surface area contributed by atoms with E-state index in [-0.39, 0.29) is 17.2 Å². The minimum atomic E-state index is -0.296. The standard InChI is InChI=1S/C27H28N4OS/c1-27(2,3)30(19-21-13-7-4-8-14-21)24(32)20-33-26-29-28-25(22-15-9-5-10-16-22)31(26)23-17-11-6-12-18-23/h4-18H,19-20H2,1-3H3. The topological polar surface area (TPSA) is 51.0 Å². The molecule has 0 radical (unpaired) electrons. The molecule has 0 N–H and O–H groups in total. The fourth-order valence-corrected chi connectivity index (χ4v) is 4.45. The van der Waals surface area contributed by atoms with Crippen LogP contribution in [0.4, 0.5) is 0 Å². The molecule has 168 valence electrons. The van der Waals surface area contributed by atoms with E-state index in [0.29, 0.717) is 11.7 Å². The third-order valence-electron chi connectivity index (χ3n) is 5.30. The number of hydrogen-bond donors (Lipinski definition) is 0. The van der Waals surface area contributed by atoms with Crippen LogP contribution in [0, 0.1) is 0 Å². The summed E-state index contributed by atoms with van der Waals surface area (Å²) in [4.78, 5) is 15.3. The van der Waals surface area contributed by atoms with Gasteiger partial charge in [-0.3, -0.25) is 9.36 Å². The average Bonchev–Trinajstić information content (AvgIpc) is 3.26. The minimum Gasteiger partial charge on any atom is -0.333 e. The van der Waals surface area contributed by atoms with Crippen molar-refractivity contribution in [1.29, 1.82) is 0 Å². The van der Waals surface area contributed by atoms with Gasteiger partial charge in [-0.05, 0) is 38.5 Å². The van der Waals surface area contributed by atoms with Crippen molar-refractivity contribution in [2.75, 3.05) is 5.75 Å². The summed E-state index contributed by atoms with van der Waals surface area (Å²) in [6.07, 6.45) is 0. The molecule has 0 saturated heterocycles. The molecule has 0 aliphatic carbocycles. The second-order valence-electron chi connectivity index (χ2n) is 8.77. The van der Waals surface area contributed by atoms with Gasteiger partial charge in [0.05, 0.1) is 5.75 Å². The molecule has 0 saturated carbocycles. The number of aromatic nitrogens is 3. The molecule has 6 heteroatoms. The maximum absolute atomic E-state index is 13.3. The fourth-order valence-electron chi connectivity index (χ4n) is 3.62. The van der Waals surface area contributed by atoms with Crippen LogP contribution in [0.5, 0.6) is 0 Å². The lowest BCUT2D eigenvalue weighted by Crippen LogP contribution is -2.45. The van der Waals surface area contributed by atoms with Crippen molar-refractivity contribution >= 4 is 17.7 Å². The smallest absolute Gasteiger partial charge is 0.233 e. The highest BCUT2D eigenvalue weighted by atomic mass is 32.2. The third kappa shape index (κ3) is 5.52. The van der Waals surface area contributed by atoms with Crippen LogP contribution >= 0.6 is 11.8 Å². The molecule has 0 bridgehead atoms. The second kappa shape index (κ2) is 10.0. The largest absolute Gasteiger partial charge is 0.333 e. The van der Waals surface area contributed by atoms with Crippen LogP contribution in [0.3, 0.4) is 0 Å². The molecule has 1 amide bonds. The van der Waals surface area contributed by atoms with Gasteiger partial charge in [-0.25, -0.2) is 0 Å². The lowest BCUT2D eigenvalue weighted by atomic mass is 10.0. The van der Waals surface area contributed by atoms with E-state index in [0.717, 1.165) is 22.6 Å². The molecule has 0 unspecified atom stereocenters. The van der Waals surface area contributed by atoms with E-state index < -0.39 is 0 Å². The van der Waals surface area contributed by atoms with Gasteiger partial charge >= 0.3 is 0 Å². The van der Waals surface area contributed by atoms with Gasteiger partial charge in [0.2, 0.25) is 5.91 Å². The van der Waals surface area contributed by atoms with Crippen LogP contribution in [-0.4, -0.2) is 36.9 Å². The summed E-state index contributed by atoms with van der Waals surface area (Å²) in [7, 11) is 0. The van der Waals surface area contributed by atoms with Crippen LogP contribution in [0.25, 0.3) is 17.1 Å². The average molecular weight is 457 g/mol. The Morgan fingerprint density at radius 1 is 0.848 bits per heavy atom. The Morgan fingerprint density at radius 2 is 1.42 bits per heavy atom. The van der Waals surface area contributed by atoms with E-state index in [9.17, 15) is 4.79 Å². The Morgan fingerprint density at radius 3 is 2.03 bits per heavy atom. The van der Waals surface area contributed by atoms with Gasteiger partial charge in [0.15, 0.2) is 11.0 Å². The van der Waals surface area contributed by atoms with Gasteiger partial charge in [-0.2, -0.15) is 0 Å². The summed E-state index contributed by atoms with van der Waals surface area (Å²) in [6, 6.07) is 30.1. The minimum absolute atomic E-state index is 0.0697. The SMILES string of the molecule is CC(C)(C)N(Cc1ccccc1)C(=O)CSc1nnc(-c2ccccc2)n1-c1ccccc1. The summed E-state index contributed by atoms with van der Waals surface area (Å²) in [6.45, 7) is 6.78. The first-order chi connectivity index (χ1) is 15.9. The highest BCUT2D eigenvalue weighted by molar-refractivity contribution is 7.99. The number of amides is 1. The predicted molar refractivity (Wildman–Crippen MR) is 134 cm³/mol. The number of nitrogens with zero attached hydrogens (tertiary/aromatic N) is 4. The molecular weight excluding hydrogens is 428 g/mol. The van der Waals surface area contributed by atoms with E-state index >= 15 is 0 Å². The third-order valence-corrected chi connectivity index (χ3v) is 6.21. The molecule has 33 heavy (non-hydrogen) atoms. The fraction of sp³-hybridized carbons (Fsp3) is 0.222. The van der Waals surface area contributed by atoms with Crippen molar-refractivity contribution < 1.29 is 4.79 Å². The predicted octanol–water partition coefficient (Wildman–Crippen LogP) is 5.85. The van der Waals surface area contributed by atoms with Crippen LogP contribution < -0.4 is 0 Å². The maximum Gasteiger partial charge on any atom is 0.233 e. The van der Waals surface area contributed by atoms with E-state index in [1.807, 2.05) is 88.3 Å². The number of benzene rings is 3. The normalized spacial score (nSPS) is 11.4. The number of rotatable bonds is 7. The molecule has 4 rings (SSSR count). The molecule has 5 nitrogen and oxygen atoms in total. The van der Waals surface area contributed by atoms with Crippen molar-refractivity contribution in [3.63, 3.8) is 0 Å². The summed E-state index contributed by atoms with van der Waals surface area (Å²) in [5.74, 6) is 1.11. The van der Waals surface area contributed by atoms with Crippen molar-refractivity contribution in [2.24, 2.45) is 0 Å². The van der Waals surface area contributed by atoms with Gasteiger partial charge in [0.1, 0.15) is 0 Å². The van der Waals surface area contributed by atoms with Crippen LogP contribution in [-0.2, 0) is 11.3 Å². The first-order valence-electron chi connectivity index (χ1n) is 11.0. The molecule has 4 aromatic rings. The molecule has 0 fully saturated rings. The van der Waals surface area contributed by atoms with Gasteiger partial charge in [0.25, 0.3) is 0 Å². The van der Waals surface area contributed by atoms with E-state index in [4.69, 9.17) is 0 Å². The Kier molecular flexibility index (Phi) is 6.94. The first-order valence-corrected chi connectivity index (χ1v) is 12.0. The van der Waals surface area contributed by atoms with Crippen molar-refractivity contribution in [3.8, 4) is 17.1 Å². The Balaban J connectivity index is 1.60. The summed E-state index contributed by atoms with van der Waals surface area (Å²) >= 11 is 1.42. The molecule has 0 spiro atoms. The Labute approximate surface area is 199 Å². The Hall–Kier alpha value is -3.38. The quantitative estimate of drug-likeness (QED) is 0.327. The van der Waals surface area contributed by atoms with Crippen LogP contribution in [0.1, 0.15) is 26.3 Å². The molecule has 0 aliphatic rings. The molecule has 1 heterocycles. The number of carbonyl (C=O) groups is 1. The van der Waals surface area contributed by atoms with E-state index in [1.165, 1.54) is 11.8 Å². The van der Waals surface area contributed by atoms with Gasteiger partial charge < -0.3 is 4.90 Å². The lowest BCUT2D eigenvalue weighted by molar-refractivity contribution is -0.133. The number of para-hydroxylation sites is 1. The van der Waals surface area contributed by atoms with Gasteiger partial charge in [-0.15, -0.1) is 10.2 Å². The zero-order valence-electron chi connectivity index (χ0n) is 19.2. The van der Waals surface area contributed by atoms with Crippen molar-refractivity contribution in [2.45, 2.75) is 38.0 Å². The number of thioether (sulfide) groups is 1. The second-order valence-corrected chi connectivity index (χ2v) is 9.71.